The number of aryl methyl sites for hydroxylation is 1. The van der Waals surface area contributed by atoms with E-state index in [-0.39, 0.29) is 0 Å². The van der Waals surface area contributed by atoms with E-state index in [4.69, 9.17) is 4.52 Å². The third-order valence-corrected chi connectivity index (χ3v) is 4.83. The molecule has 1 aromatic carbocycles. The summed E-state index contributed by atoms with van der Waals surface area (Å²) in [7, 11) is 0. The first-order valence-corrected chi connectivity index (χ1v) is 8.44. The normalized spacial score (nSPS) is 14.2. The van der Waals surface area contributed by atoms with Gasteiger partial charge >= 0.3 is 0 Å². The number of halogens is 1. The molecule has 0 spiro atoms. The Labute approximate surface area is 132 Å². The lowest BCUT2D eigenvalue weighted by atomic mass is 10.0. The minimum atomic E-state index is 0.323. The summed E-state index contributed by atoms with van der Waals surface area (Å²) in [5.41, 5.74) is 0. The van der Waals surface area contributed by atoms with Crippen LogP contribution in [-0.4, -0.2) is 15.4 Å². The number of thioether (sulfide) groups is 1. The highest BCUT2D eigenvalue weighted by molar-refractivity contribution is 9.10. The molecular weight excluding hydrogens is 336 g/mol. The second-order valence-corrected chi connectivity index (χ2v) is 7.47. The molecule has 2 atom stereocenters. The largest absolute Gasteiger partial charge is 0.339 e. The van der Waals surface area contributed by atoms with Crippen LogP contribution in [0, 0.1) is 6.92 Å². The minimum absolute atomic E-state index is 0.323. The van der Waals surface area contributed by atoms with Crippen molar-refractivity contribution >= 4 is 27.7 Å². The zero-order valence-electron chi connectivity index (χ0n) is 12.0. The Kier molecular flexibility index (Phi) is 5.66. The average molecular weight is 355 g/mol. The number of rotatable bonds is 6. The molecule has 108 valence electrons. The van der Waals surface area contributed by atoms with Crippen LogP contribution in [0.1, 0.15) is 44.3 Å². The summed E-state index contributed by atoms with van der Waals surface area (Å²) >= 11 is 5.36. The Morgan fingerprint density at radius 2 is 1.90 bits per heavy atom. The maximum atomic E-state index is 5.22. The number of nitrogens with zero attached hydrogens (tertiary/aromatic N) is 2. The fraction of sp³-hybridized carbons (Fsp3) is 0.467. The molecule has 2 rings (SSSR count). The molecule has 0 N–H and O–H groups in total. The molecule has 20 heavy (non-hydrogen) atoms. The Morgan fingerprint density at radius 3 is 2.50 bits per heavy atom. The molecule has 0 saturated heterocycles. The topological polar surface area (TPSA) is 38.9 Å². The second-order valence-electron chi connectivity index (χ2n) is 5.04. The van der Waals surface area contributed by atoms with Gasteiger partial charge in [0.1, 0.15) is 0 Å². The summed E-state index contributed by atoms with van der Waals surface area (Å²) in [6.07, 6.45) is 2.19. The fourth-order valence-electron chi connectivity index (χ4n) is 1.93. The van der Waals surface area contributed by atoms with Crippen LogP contribution in [0.5, 0.6) is 0 Å². The van der Waals surface area contributed by atoms with Crippen LogP contribution < -0.4 is 0 Å². The molecule has 0 aliphatic heterocycles. The van der Waals surface area contributed by atoms with Gasteiger partial charge in [-0.3, -0.25) is 0 Å². The van der Waals surface area contributed by atoms with Gasteiger partial charge < -0.3 is 4.52 Å². The molecule has 1 aromatic heterocycles. The SMILES string of the molecule is Cc1noc(C(C)CCC(C)Sc2ccc(Br)cc2)n1. The first-order valence-electron chi connectivity index (χ1n) is 6.77. The van der Waals surface area contributed by atoms with Crippen LogP contribution in [0.2, 0.25) is 0 Å². The third kappa shape index (κ3) is 4.63. The van der Waals surface area contributed by atoms with Crippen molar-refractivity contribution in [3.63, 3.8) is 0 Å². The predicted molar refractivity (Wildman–Crippen MR) is 86.1 cm³/mol. The van der Waals surface area contributed by atoms with Crippen LogP contribution >= 0.6 is 27.7 Å². The third-order valence-electron chi connectivity index (χ3n) is 3.12. The Balaban J connectivity index is 1.80. The van der Waals surface area contributed by atoms with Crippen molar-refractivity contribution in [2.75, 3.05) is 0 Å². The quantitative estimate of drug-likeness (QED) is 0.667. The van der Waals surface area contributed by atoms with Crippen LogP contribution in [0.25, 0.3) is 0 Å². The molecule has 0 fully saturated rings. The van der Waals surface area contributed by atoms with Gasteiger partial charge in [-0.1, -0.05) is 34.9 Å². The smallest absolute Gasteiger partial charge is 0.229 e. The summed E-state index contributed by atoms with van der Waals surface area (Å²) in [5.74, 6) is 1.79. The Bertz CT molecular complexity index is 541. The second kappa shape index (κ2) is 7.27. The van der Waals surface area contributed by atoms with Gasteiger partial charge in [0.05, 0.1) is 0 Å². The summed E-state index contributed by atoms with van der Waals surface area (Å²) in [6, 6.07) is 8.46. The van der Waals surface area contributed by atoms with Gasteiger partial charge in [-0.15, -0.1) is 11.8 Å². The van der Waals surface area contributed by atoms with Gasteiger partial charge in [0.15, 0.2) is 5.82 Å². The molecule has 2 unspecified atom stereocenters. The highest BCUT2D eigenvalue weighted by atomic mass is 79.9. The molecule has 0 aliphatic rings. The molecular formula is C15H19BrN2OS. The number of aromatic nitrogens is 2. The lowest BCUT2D eigenvalue weighted by Gasteiger charge is -2.13. The van der Waals surface area contributed by atoms with E-state index in [0.717, 1.165) is 23.2 Å². The molecule has 3 nitrogen and oxygen atoms in total. The summed E-state index contributed by atoms with van der Waals surface area (Å²) in [5, 5.41) is 4.42. The van der Waals surface area contributed by atoms with Crippen molar-refractivity contribution in [2.24, 2.45) is 0 Å². The Morgan fingerprint density at radius 1 is 1.20 bits per heavy atom. The lowest BCUT2D eigenvalue weighted by molar-refractivity contribution is 0.349. The lowest BCUT2D eigenvalue weighted by Crippen LogP contribution is -2.01. The van der Waals surface area contributed by atoms with Gasteiger partial charge in [0.25, 0.3) is 0 Å². The molecule has 1 heterocycles. The predicted octanol–water partition coefficient (Wildman–Crippen LogP) is 5.21. The van der Waals surface area contributed by atoms with Crippen molar-refractivity contribution in [3.8, 4) is 0 Å². The zero-order valence-corrected chi connectivity index (χ0v) is 14.4. The van der Waals surface area contributed by atoms with Crippen LogP contribution in [0.3, 0.4) is 0 Å². The zero-order chi connectivity index (χ0) is 14.5. The summed E-state index contributed by atoms with van der Waals surface area (Å²) in [6.45, 7) is 6.26. The molecule has 5 heteroatoms. The number of benzene rings is 1. The first-order chi connectivity index (χ1) is 9.54. The van der Waals surface area contributed by atoms with Crippen LogP contribution in [-0.2, 0) is 0 Å². The van der Waals surface area contributed by atoms with E-state index in [1.165, 1.54) is 4.90 Å². The number of hydrogen-bond donors (Lipinski definition) is 0. The van der Waals surface area contributed by atoms with Crippen molar-refractivity contribution in [1.29, 1.82) is 0 Å². The van der Waals surface area contributed by atoms with Crippen molar-refractivity contribution in [3.05, 3.63) is 40.5 Å². The van der Waals surface area contributed by atoms with Gasteiger partial charge in [0.2, 0.25) is 5.89 Å². The summed E-state index contributed by atoms with van der Waals surface area (Å²) in [4.78, 5) is 5.60. The van der Waals surface area contributed by atoms with E-state index in [9.17, 15) is 0 Å². The maximum absolute atomic E-state index is 5.22. The van der Waals surface area contributed by atoms with Gasteiger partial charge in [-0.2, -0.15) is 4.98 Å². The van der Waals surface area contributed by atoms with Crippen LogP contribution in [0.15, 0.2) is 38.2 Å². The van der Waals surface area contributed by atoms with E-state index in [1.54, 1.807) is 0 Å². The molecule has 0 radical (unpaired) electrons. The van der Waals surface area contributed by atoms with E-state index in [1.807, 2.05) is 18.7 Å². The molecule has 0 saturated carbocycles. The first kappa shape index (κ1) is 15.6. The van der Waals surface area contributed by atoms with E-state index in [0.29, 0.717) is 17.0 Å². The van der Waals surface area contributed by atoms with Crippen molar-refractivity contribution < 1.29 is 4.52 Å². The Hall–Kier alpha value is -0.810. The van der Waals surface area contributed by atoms with Gasteiger partial charge in [-0.05, 0) is 44.0 Å². The van der Waals surface area contributed by atoms with Crippen molar-refractivity contribution in [1.82, 2.24) is 10.1 Å². The monoisotopic (exact) mass is 354 g/mol. The fourth-order valence-corrected chi connectivity index (χ4v) is 3.20. The minimum Gasteiger partial charge on any atom is -0.339 e. The molecule has 2 aromatic rings. The van der Waals surface area contributed by atoms with Gasteiger partial charge in [-0.25, -0.2) is 0 Å². The van der Waals surface area contributed by atoms with E-state index >= 15 is 0 Å². The maximum Gasteiger partial charge on any atom is 0.229 e. The van der Waals surface area contributed by atoms with E-state index in [2.05, 4.69) is 64.2 Å². The highest BCUT2D eigenvalue weighted by Gasteiger charge is 2.14. The van der Waals surface area contributed by atoms with Crippen molar-refractivity contribution in [2.45, 2.75) is 49.7 Å². The number of hydrogen-bond acceptors (Lipinski definition) is 4. The molecule has 0 amide bonds. The molecule has 0 aliphatic carbocycles. The van der Waals surface area contributed by atoms with Crippen LogP contribution in [0.4, 0.5) is 0 Å². The standard InChI is InChI=1S/C15H19BrN2OS/c1-10(15-17-12(3)18-19-15)4-5-11(2)20-14-8-6-13(16)7-9-14/h6-11H,4-5H2,1-3H3. The van der Waals surface area contributed by atoms with E-state index < -0.39 is 0 Å². The van der Waals surface area contributed by atoms with Gasteiger partial charge in [0, 0.05) is 20.5 Å². The highest BCUT2D eigenvalue weighted by Crippen LogP contribution is 2.29. The molecule has 0 bridgehead atoms. The average Bonchev–Trinajstić information content (AvgIpc) is 2.85. The summed E-state index contributed by atoms with van der Waals surface area (Å²) < 4.78 is 6.34.